The summed E-state index contributed by atoms with van der Waals surface area (Å²) in [5.74, 6) is 1.28. The molecule has 0 spiro atoms. The van der Waals surface area contributed by atoms with Crippen LogP contribution < -0.4 is 0 Å². The summed E-state index contributed by atoms with van der Waals surface area (Å²) in [6, 6.07) is 0. The molecule has 0 aliphatic heterocycles. The van der Waals surface area contributed by atoms with Gasteiger partial charge in [0.1, 0.15) is 0 Å². The molecule has 0 atom stereocenters. The molecule has 0 unspecified atom stereocenters. The van der Waals surface area contributed by atoms with Gasteiger partial charge < -0.3 is 4.43 Å². The molecule has 10 heavy (non-hydrogen) atoms. The van der Waals surface area contributed by atoms with Crippen molar-refractivity contribution >= 4 is 8.32 Å². The molecule has 0 aromatic heterocycles. The fourth-order valence-corrected chi connectivity index (χ4v) is 2.00. The fraction of sp³-hybridized carbons (Fsp3) is 0.750. The molecule has 0 aromatic carbocycles. The molecule has 2 heteroatoms. The first-order valence-corrected chi connectivity index (χ1v) is 7.27. The summed E-state index contributed by atoms with van der Waals surface area (Å²) in [5, 5.41) is 0. The maximum absolute atomic E-state index is 5.80. The predicted molar refractivity (Wildman–Crippen MR) is 46.4 cm³/mol. The van der Waals surface area contributed by atoms with Crippen LogP contribution in [0.2, 0.25) is 19.6 Å². The van der Waals surface area contributed by atoms with Gasteiger partial charge in [-0.2, -0.15) is 0 Å². The third-order valence-electron chi connectivity index (χ3n) is 1.63. The molecule has 0 fully saturated rings. The lowest BCUT2D eigenvalue weighted by molar-refractivity contribution is 0.363. The minimum Gasteiger partial charge on any atom is -0.547 e. The Morgan fingerprint density at radius 2 is 1.80 bits per heavy atom. The van der Waals surface area contributed by atoms with Crippen LogP contribution in [0.4, 0.5) is 0 Å². The van der Waals surface area contributed by atoms with Crippen molar-refractivity contribution in [2.45, 2.75) is 39.4 Å². The van der Waals surface area contributed by atoms with Gasteiger partial charge in [0, 0.05) is 6.42 Å². The Morgan fingerprint density at radius 3 is 1.90 bits per heavy atom. The summed E-state index contributed by atoms with van der Waals surface area (Å²) in [4.78, 5) is 0. The van der Waals surface area contributed by atoms with E-state index >= 15 is 0 Å². The maximum Gasteiger partial charge on any atom is 0.241 e. The van der Waals surface area contributed by atoms with E-state index in [4.69, 9.17) is 4.43 Å². The summed E-state index contributed by atoms with van der Waals surface area (Å²) in [6.07, 6.45) is 2.43. The zero-order chi connectivity index (χ0) is 7.78. The maximum atomic E-state index is 5.80. The van der Waals surface area contributed by atoms with Crippen molar-refractivity contribution in [1.29, 1.82) is 0 Å². The number of hydrogen-bond acceptors (Lipinski definition) is 1. The Kier molecular flexibility index (Phi) is 1.90. The lowest BCUT2D eigenvalue weighted by atomic mass is 9.99. The van der Waals surface area contributed by atoms with Crippen LogP contribution in [0.25, 0.3) is 0 Å². The molecule has 58 valence electrons. The van der Waals surface area contributed by atoms with Gasteiger partial charge in [-0.15, -0.1) is 0 Å². The largest absolute Gasteiger partial charge is 0.547 e. The predicted octanol–water partition coefficient (Wildman–Crippen LogP) is 2.91. The third-order valence-corrected chi connectivity index (χ3v) is 2.49. The van der Waals surface area contributed by atoms with E-state index in [9.17, 15) is 0 Å². The molecule has 0 heterocycles. The Morgan fingerprint density at radius 1 is 1.20 bits per heavy atom. The molecule has 0 aromatic rings. The van der Waals surface area contributed by atoms with Crippen molar-refractivity contribution < 1.29 is 4.43 Å². The van der Waals surface area contributed by atoms with Crippen LogP contribution in [0.15, 0.2) is 11.3 Å². The van der Waals surface area contributed by atoms with Gasteiger partial charge in [-0.25, -0.2) is 0 Å². The van der Waals surface area contributed by atoms with E-state index in [2.05, 4.69) is 26.6 Å². The quantitative estimate of drug-likeness (QED) is 0.559. The Labute approximate surface area is 64.2 Å². The zero-order valence-electron chi connectivity index (χ0n) is 7.32. The van der Waals surface area contributed by atoms with Gasteiger partial charge in [0.05, 0.1) is 5.76 Å². The van der Waals surface area contributed by atoms with Crippen molar-refractivity contribution in [3.8, 4) is 0 Å². The van der Waals surface area contributed by atoms with E-state index in [1.165, 1.54) is 24.2 Å². The number of allylic oxidation sites excluding steroid dienone is 2. The first-order chi connectivity index (χ1) is 4.49. The minimum absolute atomic E-state index is 1.18. The van der Waals surface area contributed by atoms with Crippen molar-refractivity contribution in [2.24, 2.45) is 0 Å². The van der Waals surface area contributed by atoms with Gasteiger partial charge >= 0.3 is 0 Å². The topological polar surface area (TPSA) is 9.23 Å². The van der Waals surface area contributed by atoms with E-state index < -0.39 is 8.32 Å². The fourth-order valence-electron chi connectivity index (χ4n) is 0.985. The smallest absolute Gasteiger partial charge is 0.241 e. The molecule has 0 saturated carbocycles. The van der Waals surface area contributed by atoms with Crippen LogP contribution in [0.5, 0.6) is 0 Å². The zero-order valence-corrected chi connectivity index (χ0v) is 8.32. The highest BCUT2D eigenvalue weighted by Gasteiger charge is 2.22. The highest BCUT2D eigenvalue weighted by molar-refractivity contribution is 6.70. The highest BCUT2D eigenvalue weighted by atomic mass is 28.4. The van der Waals surface area contributed by atoms with Gasteiger partial charge in [0.15, 0.2) is 0 Å². The van der Waals surface area contributed by atoms with Crippen molar-refractivity contribution in [3.63, 3.8) is 0 Å². The lowest BCUT2D eigenvalue weighted by Crippen LogP contribution is -2.27. The normalized spacial score (nSPS) is 18.8. The van der Waals surface area contributed by atoms with E-state index in [1.54, 1.807) is 0 Å². The molecule has 1 nitrogen and oxygen atoms in total. The van der Waals surface area contributed by atoms with Crippen LogP contribution in [0.3, 0.4) is 0 Å². The molecule has 0 saturated heterocycles. The second-order valence-electron chi connectivity index (χ2n) is 3.92. The minimum atomic E-state index is -1.29. The molecule has 0 bridgehead atoms. The molecule has 0 amide bonds. The van der Waals surface area contributed by atoms with Crippen LogP contribution in [0.1, 0.15) is 19.8 Å². The van der Waals surface area contributed by atoms with E-state index in [1.807, 2.05) is 0 Å². The van der Waals surface area contributed by atoms with Crippen LogP contribution in [-0.4, -0.2) is 8.32 Å². The van der Waals surface area contributed by atoms with E-state index in [0.29, 0.717) is 0 Å². The summed E-state index contributed by atoms with van der Waals surface area (Å²) in [5.41, 5.74) is 1.46. The second-order valence-corrected chi connectivity index (χ2v) is 8.35. The molecule has 1 aliphatic rings. The van der Waals surface area contributed by atoms with Gasteiger partial charge in [0.2, 0.25) is 8.32 Å². The number of hydrogen-bond donors (Lipinski definition) is 0. The molecule has 1 aliphatic carbocycles. The second kappa shape index (κ2) is 2.42. The lowest BCUT2D eigenvalue weighted by Gasteiger charge is -2.28. The van der Waals surface area contributed by atoms with Gasteiger partial charge in [-0.1, -0.05) is 0 Å². The summed E-state index contributed by atoms with van der Waals surface area (Å²) in [6.45, 7) is 8.85. The molecule has 1 rings (SSSR count). The van der Waals surface area contributed by atoms with Gasteiger partial charge in [-0.3, -0.25) is 0 Å². The number of rotatable bonds is 2. The van der Waals surface area contributed by atoms with Crippen LogP contribution in [0, 0.1) is 0 Å². The summed E-state index contributed by atoms with van der Waals surface area (Å²) < 4.78 is 5.80. The van der Waals surface area contributed by atoms with E-state index in [-0.39, 0.29) is 0 Å². The van der Waals surface area contributed by atoms with Crippen LogP contribution in [-0.2, 0) is 4.43 Å². The Balaban J connectivity index is 2.48. The van der Waals surface area contributed by atoms with Crippen molar-refractivity contribution in [1.82, 2.24) is 0 Å². The average molecular weight is 156 g/mol. The third kappa shape index (κ3) is 1.87. The molecular formula is C8H16OSi. The standard InChI is InChI=1S/C8H16OSi/c1-7-5-6-8(7)9-10(2,3)4/h5-6H2,1-4H3. The van der Waals surface area contributed by atoms with Crippen molar-refractivity contribution in [3.05, 3.63) is 11.3 Å². The van der Waals surface area contributed by atoms with Crippen molar-refractivity contribution in [2.75, 3.05) is 0 Å². The first kappa shape index (κ1) is 7.86. The average Bonchev–Trinajstić information content (AvgIpc) is 1.78. The first-order valence-electron chi connectivity index (χ1n) is 3.87. The molecular weight excluding hydrogens is 140 g/mol. The molecule has 0 N–H and O–H groups in total. The molecule has 0 radical (unpaired) electrons. The summed E-state index contributed by atoms with van der Waals surface area (Å²) >= 11 is 0. The van der Waals surface area contributed by atoms with Gasteiger partial charge in [0.25, 0.3) is 0 Å². The van der Waals surface area contributed by atoms with E-state index in [0.717, 1.165) is 0 Å². The monoisotopic (exact) mass is 156 g/mol. The Hall–Kier alpha value is -0.243. The van der Waals surface area contributed by atoms with Gasteiger partial charge in [-0.05, 0) is 38.6 Å². The summed E-state index contributed by atoms with van der Waals surface area (Å²) in [7, 11) is -1.29. The highest BCUT2D eigenvalue weighted by Crippen LogP contribution is 2.30. The Bertz CT molecular complexity index is 165. The SMILES string of the molecule is CC1=C(O[Si](C)(C)C)CC1. The van der Waals surface area contributed by atoms with Crippen LogP contribution >= 0.6 is 0 Å².